The summed E-state index contributed by atoms with van der Waals surface area (Å²) in [7, 11) is -1.29. The summed E-state index contributed by atoms with van der Waals surface area (Å²) < 4.78 is 53.5. The van der Waals surface area contributed by atoms with Crippen LogP contribution in [0.3, 0.4) is 0 Å². The van der Waals surface area contributed by atoms with Gasteiger partial charge < -0.3 is 9.47 Å². The van der Waals surface area contributed by atoms with Crippen molar-refractivity contribution >= 4 is 16.3 Å². The zero-order valence-corrected chi connectivity index (χ0v) is 20.6. The molecular weight excluding hydrogens is 463 g/mol. The van der Waals surface area contributed by atoms with Crippen molar-refractivity contribution < 1.29 is 27.1 Å². The van der Waals surface area contributed by atoms with E-state index in [0.29, 0.717) is 6.42 Å². The number of nitrogens with zero attached hydrogens (tertiary/aromatic N) is 3. The fraction of sp³-hybridized carbons (Fsp3) is 0.652. The molecule has 1 aromatic carbocycles. The van der Waals surface area contributed by atoms with Crippen LogP contribution in [0.5, 0.6) is 0 Å². The first-order valence-corrected chi connectivity index (χ1v) is 12.9. The minimum atomic E-state index is -3.91. The van der Waals surface area contributed by atoms with Crippen molar-refractivity contribution in [1.29, 1.82) is 5.26 Å². The Bertz CT molecular complexity index is 993. The Balaban J connectivity index is 1.64. The summed E-state index contributed by atoms with van der Waals surface area (Å²) in [6.45, 7) is 1.71. The van der Waals surface area contributed by atoms with Crippen LogP contribution >= 0.6 is 0 Å². The van der Waals surface area contributed by atoms with E-state index in [-0.39, 0.29) is 37.0 Å². The maximum absolute atomic E-state index is 13.6. The first-order valence-electron chi connectivity index (χ1n) is 11.5. The molecule has 0 unspecified atom stereocenters. The van der Waals surface area contributed by atoms with E-state index in [4.69, 9.17) is 14.7 Å². The van der Waals surface area contributed by atoms with Gasteiger partial charge in [-0.05, 0) is 62.6 Å². The summed E-state index contributed by atoms with van der Waals surface area (Å²) in [6, 6.07) is 7.14. The van der Waals surface area contributed by atoms with Gasteiger partial charge in [0.1, 0.15) is 12.4 Å². The quantitative estimate of drug-likeness (QED) is 0.554. The van der Waals surface area contributed by atoms with E-state index >= 15 is 0 Å². The van der Waals surface area contributed by atoms with Crippen LogP contribution in [0.4, 0.5) is 9.18 Å². The molecular formula is C23H33FN4O5S. The molecule has 34 heavy (non-hydrogen) atoms. The van der Waals surface area contributed by atoms with Crippen molar-refractivity contribution in [3.05, 3.63) is 35.6 Å². The minimum Gasteiger partial charge on any atom is -0.453 e. The van der Waals surface area contributed by atoms with E-state index in [1.165, 1.54) is 25.1 Å². The maximum Gasteiger partial charge on any atom is 0.410 e. The summed E-state index contributed by atoms with van der Waals surface area (Å²) in [5, 5.41) is 8.84. The van der Waals surface area contributed by atoms with Crippen LogP contribution < -0.4 is 4.72 Å². The molecule has 3 atom stereocenters. The topological polar surface area (TPSA) is 112 Å². The molecule has 11 heteroatoms. The first-order chi connectivity index (χ1) is 16.2. The fourth-order valence-corrected chi connectivity index (χ4v) is 5.97. The minimum absolute atomic E-state index is 0.0290. The van der Waals surface area contributed by atoms with E-state index in [1.807, 2.05) is 19.1 Å². The van der Waals surface area contributed by atoms with Crippen molar-refractivity contribution in [3.63, 3.8) is 0 Å². The summed E-state index contributed by atoms with van der Waals surface area (Å²) in [5.41, 5.74) is 0.996. The number of nitriles is 1. The van der Waals surface area contributed by atoms with Gasteiger partial charge in [-0.1, -0.05) is 12.1 Å². The number of amides is 1. The molecule has 0 radical (unpaired) electrons. The lowest BCUT2D eigenvalue weighted by molar-refractivity contribution is -0.00866. The van der Waals surface area contributed by atoms with Gasteiger partial charge in [0.2, 0.25) is 0 Å². The molecule has 1 saturated carbocycles. The third-order valence-electron chi connectivity index (χ3n) is 6.78. The number of hydrogen-bond acceptors (Lipinski definition) is 6. The molecule has 1 aromatic rings. The van der Waals surface area contributed by atoms with E-state index in [0.717, 1.165) is 35.6 Å². The van der Waals surface area contributed by atoms with Gasteiger partial charge in [0, 0.05) is 19.1 Å². The molecule has 1 amide bonds. The second kappa shape index (κ2) is 11.4. The highest BCUT2D eigenvalue weighted by molar-refractivity contribution is 7.87. The highest BCUT2D eigenvalue weighted by atomic mass is 32.2. The lowest BCUT2D eigenvalue weighted by atomic mass is 9.82. The monoisotopic (exact) mass is 496 g/mol. The Morgan fingerprint density at radius 3 is 2.65 bits per heavy atom. The van der Waals surface area contributed by atoms with Gasteiger partial charge in [-0.25, -0.2) is 9.18 Å². The second-order valence-electron chi connectivity index (χ2n) is 9.03. The molecule has 188 valence electrons. The molecule has 9 nitrogen and oxygen atoms in total. The number of methoxy groups -OCH3 is 1. The van der Waals surface area contributed by atoms with Gasteiger partial charge in [-0.15, -0.1) is 0 Å². The summed E-state index contributed by atoms with van der Waals surface area (Å²) >= 11 is 0. The van der Waals surface area contributed by atoms with Crippen LogP contribution in [-0.4, -0.2) is 75.3 Å². The Morgan fingerprint density at radius 1 is 1.32 bits per heavy atom. The number of hydrogen-bond donors (Lipinski definition) is 1. The molecule has 1 aliphatic heterocycles. The number of nitrogens with one attached hydrogen (secondary N) is 1. The summed E-state index contributed by atoms with van der Waals surface area (Å²) in [5.74, 6) is 0.0480. The Hall–Kier alpha value is -2.26. The molecule has 0 aromatic heterocycles. The molecule has 0 bridgehead atoms. The van der Waals surface area contributed by atoms with Gasteiger partial charge in [-0.3, -0.25) is 4.90 Å². The Kier molecular flexibility index (Phi) is 8.87. The SMILES string of the molecule is COC(=O)N1[C@H](C)C[C@H](NS(=O)(=O)N(C)CC#N)[C@@H]1COC1CCC(c2cccc(F)c2)CC1. The smallest absolute Gasteiger partial charge is 0.410 e. The molecule has 2 aliphatic rings. The molecule has 1 saturated heterocycles. The van der Waals surface area contributed by atoms with E-state index < -0.39 is 28.4 Å². The fourth-order valence-electron chi connectivity index (χ4n) is 4.93. The zero-order valence-electron chi connectivity index (χ0n) is 19.8. The molecule has 1 aliphatic carbocycles. The van der Waals surface area contributed by atoms with Gasteiger partial charge >= 0.3 is 6.09 Å². The Morgan fingerprint density at radius 2 is 2.03 bits per heavy atom. The highest BCUT2D eigenvalue weighted by Crippen LogP contribution is 2.35. The largest absolute Gasteiger partial charge is 0.453 e. The van der Waals surface area contributed by atoms with Crippen LogP contribution in [0.2, 0.25) is 0 Å². The van der Waals surface area contributed by atoms with Crippen LogP contribution in [0.1, 0.15) is 50.5 Å². The summed E-state index contributed by atoms with van der Waals surface area (Å²) in [6.07, 6.45) is 3.15. The average molecular weight is 497 g/mol. The maximum atomic E-state index is 13.6. The number of benzene rings is 1. The van der Waals surface area contributed by atoms with Crippen LogP contribution in [0, 0.1) is 17.1 Å². The van der Waals surface area contributed by atoms with Crippen LogP contribution in [0.25, 0.3) is 0 Å². The molecule has 2 fully saturated rings. The van der Waals surface area contributed by atoms with Gasteiger partial charge in [0.25, 0.3) is 10.2 Å². The third-order valence-corrected chi connectivity index (χ3v) is 8.33. The van der Waals surface area contributed by atoms with Gasteiger partial charge in [0.05, 0.1) is 31.9 Å². The lowest BCUT2D eigenvalue weighted by Gasteiger charge is -2.33. The van der Waals surface area contributed by atoms with Gasteiger partial charge in [-0.2, -0.15) is 22.7 Å². The molecule has 1 N–H and O–H groups in total. The molecule has 3 rings (SSSR count). The van der Waals surface area contributed by atoms with Crippen LogP contribution in [0.15, 0.2) is 24.3 Å². The number of likely N-dealkylation sites (tertiary alicyclic amines) is 1. The predicted molar refractivity (Wildman–Crippen MR) is 124 cm³/mol. The third kappa shape index (κ3) is 6.24. The van der Waals surface area contributed by atoms with Crippen molar-refractivity contribution in [2.75, 3.05) is 27.3 Å². The number of carbonyl (C=O) groups excluding carboxylic acids is 1. The van der Waals surface area contributed by atoms with Crippen LogP contribution in [-0.2, 0) is 19.7 Å². The van der Waals surface area contributed by atoms with E-state index in [2.05, 4.69) is 4.72 Å². The average Bonchev–Trinajstić information content (AvgIpc) is 3.11. The highest BCUT2D eigenvalue weighted by Gasteiger charge is 2.45. The number of carbonyl (C=O) groups is 1. The first kappa shape index (κ1) is 26.3. The normalized spacial score (nSPS) is 27.5. The predicted octanol–water partition coefficient (Wildman–Crippen LogP) is 2.76. The second-order valence-corrected chi connectivity index (χ2v) is 10.8. The van der Waals surface area contributed by atoms with Crippen molar-refractivity contribution in [3.8, 4) is 6.07 Å². The number of rotatable bonds is 8. The lowest BCUT2D eigenvalue weighted by Crippen LogP contribution is -2.52. The standard InChI is InChI=1S/C23H33FN4O5S/c1-16-13-21(26-34(30,31)27(2)12-11-25)22(28(16)23(29)32-3)15-33-20-9-7-17(8-10-20)18-5-4-6-19(24)14-18/h4-6,14,16-17,20-22,26H,7-10,12-13,15H2,1-3H3/t16-,17?,20?,21+,22+/m1/s1. The van der Waals surface area contributed by atoms with Crippen molar-refractivity contribution in [2.24, 2.45) is 0 Å². The van der Waals surface area contributed by atoms with E-state index in [9.17, 15) is 17.6 Å². The Labute approximate surface area is 201 Å². The van der Waals surface area contributed by atoms with Crippen molar-refractivity contribution in [2.45, 2.75) is 69.2 Å². The molecule has 0 spiro atoms. The summed E-state index contributed by atoms with van der Waals surface area (Å²) in [4.78, 5) is 14.0. The van der Waals surface area contributed by atoms with Gasteiger partial charge in [0.15, 0.2) is 0 Å². The van der Waals surface area contributed by atoms with Crippen molar-refractivity contribution in [1.82, 2.24) is 13.9 Å². The molecule has 1 heterocycles. The number of halogens is 1. The zero-order chi connectivity index (χ0) is 24.9. The number of ether oxygens (including phenoxy) is 2. The van der Waals surface area contributed by atoms with E-state index in [1.54, 1.807) is 12.1 Å².